The van der Waals surface area contributed by atoms with Crippen LogP contribution < -0.4 is 0 Å². The van der Waals surface area contributed by atoms with E-state index in [-0.39, 0.29) is 0 Å². The Hall–Kier alpha value is -5.40. The normalized spacial score (nSPS) is 11.5. The summed E-state index contributed by atoms with van der Waals surface area (Å²) in [4.78, 5) is 0. The van der Waals surface area contributed by atoms with E-state index in [1.165, 1.54) is 60.2 Å². The molecule has 1 heterocycles. The van der Waals surface area contributed by atoms with Crippen LogP contribution in [-0.2, 0) is 0 Å². The average molecular weight is 522 g/mol. The van der Waals surface area contributed by atoms with Crippen molar-refractivity contribution in [2.45, 2.75) is 0 Å². The van der Waals surface area contributed by atoms with Gasteiger partial charge in [-0.05, 0) is 62.2 Å². The molecular formula is C40H27N. The number of rotatable bonds is 4. The summed E-state index contributed by atoms with van der Waals surface area (Å²) in [5.41, 5.74) is 9.39. The van der Waals surface area contributed by atoms with Gasteiger partial charge in [-0.3, -0.25) is 0 Å². The summed E-state index contributed by atoms with van der Waals surface area (Å²) in [5.74, 6) is 0. The molecule has 8 aromatic rings. The van der Waals surface area contributed by atoms with Crippen LogP contribution in [0, 0.1) is 0 Å². The Labute approximate surface area is 239 Å². The number of hydrogen-bond donors (Lipinski definition) is 0. The summed E-state index contributed by atoms with van der Waals surface area (Å²) < 4.78 is 2.40. The third-order valence-electron chi connectivity index (χ3n) is 8.38. The summed E-state index contributed by atoms with van der Waals surface area (Å²) >= 11 is 0. The molecule has 0 saturated carbocycles. The van der Waals surface area contributed by atoms with Crippen molar-refractivity contribution < 1.29 is 0 Å². The molecular weight excluding hydrogens is 494 g/mol. The first-order valence-corrected chi connectivity index (χ1v) is 14.1. The van der Waals surface area contributed by atoms with E-state index in [4.69, 9.17) is 0 Å². The van der Waals surface area contributed by atoms with Crippen molar-refractivity contribution in [1.29, 1.82) is 0 Å². The molecule has 0 N–H and O–H groups in total. The highest BCUT2D eigenvalue weighted by Gasteiger charge is 2.16. The Kier molecular flexibility index (Phi) is 5.36. The molecule has 0 aliphatic carbocycles. The number of benzene rings is 7. The lowest BCUT2D eigenvalue weighted by atomic mass is 9.92. The highest BCUT2D eigenvalue weighted by atomic mass is 15.0. The second-order valence-corrected chi connectivity index (χ2v) is 10.6. The highest BCUT2D eigenvalue weighted by Crippen LogP contribution is 2.38. The summed E-state index contributed by atoms with van der Waals surface area (Å²) in [5, 5.41) is 7.49. The van der Waals surface area contributed by atoms with Crippen LogP contribution >= 0.6 is 0 Å². The van der Waals surface area contributed by atoms with Gasteiger partial charge in [-0.25, -0.2) is 0 Å². The van der Waals surface area contributed by atoms with Gasteiger partial charge in [0.15, 0.2) is 0 Å². The zero-order chi connectivity index (χ0) is 27.3. The molecule has 192 valence electrons. The SMILES string of the molecule is C=C(c1ccc(-c2cccc3ccccc23)cc1)c1ccc(-n2c3ccccc3c3ccccc32)c2ccccc12. The van der Waals surface area contributed by atoms with E-state index >= 15 is 0 Å². The molecule has 0 bridgehead atoms. The molecule has 7 aromatic carbocycles. The Morgan fingerprint density at radius 1 is 0.439 bits per heavy atom. The van der Waals surface area contributed by atoms with Gasteiger partial charge >= 0.3 is 0 Å². The minimum atomic E-state index is 1.03. The number of hydrogen-bond acceptors (Lipinski definition) is 0. The summed E-state index contributed by atoms with van der Waals surface area (Å²) in [6.07, 6.45) is 0. The van der Waals surface area contributed by atoms with Gasteiger partial charge in [0.25, 0.3) is 0 Å². The van der Waals surface area contributed by atoms with E-state index in [2.05, 4.69) is 163 Å². The van der Waals surface area contributed by atoms with Crippen molar-refractivity contribution in [3.8, 4) is 16.8 Å². The van der Waals surface area contributed by atoms with Crippen LogP contribution in [-0.4, -0.2) is 4.57 Å². The monoisotopic (exact) mass is 521 g/mol. The first-order valence-electron chi connectivity index (χ1n) is 14.1. The van der Waals surface area contributed by atoms with Gasteiger partial charge in [0, 0.05) is 16.2 Å². The molecule has 0 saturated heterocycles. The van der Waals surface area contributed by atoms with Crippen molar-refractivity contribution in [3.05, 3.63) is 169 Å². The van der Waals surface area contributed by atoms with E-state index in [9.17, 15) is 0 Å². The number of fused-ring (bicyclic) bond motifs is 5. The Balaban J connectivity index is 1.25. The molecule has 0 atom stereocenters. The van der Waals surface area contributed by atoms with Gasteiger partial charge in [0.2, 0.25) is 0 Å². The first-order chi connectivity index (χ1) is 20.3. The third kappa shape index (κ3) is 3.71. The summed E-state index contributed by atoms with van der Waals surface area (Å²) in [7, 11) is 0. The van der Waals surface area contributed by atoms with E-state index in [1.54, 1.807) is 0 Å². The molecule has 0 amide bonds. The maximum atomic E-state index is 4.58. The highest BCUT2D eigenvalue weighted by molar-refractivity contribution is 6.11. The molecule has 1 aromatic heterocycles. The lowest BCUT2D eigenvalue weighted by Gasteiger charge is -2.16. The number of para-hydroxylation sites is 2. The molecule has 0 fully saturated rings. The summed E-state index contributed by atoms with van der Waals surface area (Å²) in [6, 6.07) is 54.5. The van der Waals surface area contributed by atoms with Gasteiger partial charge in [-0.2, -0.15) is 0 Å². The third-order valence-corrected chi connectivity index (χ3v) is 8.38. The Morgan fingerprint density at radius 2 is 1.00 bits per heavy atom. The molecule has 0 radical (unpaired) electrons. The van der Waals surface area contributed by atoms with Crippen molar-refractivity contribution in [2.75, 3.05) is 0 Å². The second kappa shape index (κ2) is 9.36. The van der Waals surface area contributed by atoms with Crippen molar-refractivity contribution >= 4 is 48.9 Å². The molecule has 41 heavy (non-hydrogen) atoms. The topological polar surface area (TPSA) is 4.93 Å². The van der Waals surface area contributed by atoms with Crippen molar-refractivity contribution in [2.24, 2.45) is 0 Å². The second-order valence-electron chi connectivity index (χ2n) is 10.6. The molecule has 1 heteroatoms. The van der Waals surface area contributed by atoms with Crippen LogP contribution in [0.3, 0.4) is 0 Å². The van der Waals surface area contributed by atoms with Crippen LogP contribution in [0.2, 0.25) is 0 Å². The zero-order valence-corrected chi connectivity index (χ0v) is 22.6. The quantitative estimate of drug-likeness (QED) is 0.217. The van der Waals surface area contributed by atoms with Crippen LogP contribution in [0.15, 0.2) is 158 Å². The van der Waals surface area contributed by atoms with Crippen LogP contribution in [0.1, 0.15) is 11.1 Å². The fraction of sp³-hybridized carbons (Fsp3) is 0. The van der Waals surface area contributed by atoms with E-state index in [0.717, 1.165) is 16.7 Å². The molecule has 0 aliphatic rings. The van der Waals surface area contributed by atoms with Crippen LogP contribution in [0.5, 0.6) is 0 Å². The van der Waals surface area contributed by atoms with Crippen molar-refractivity contribution in [1.82, 2.24) is 4.57 Å². The maximum absolute atomic E-state index is 4.58. The number of nitrogens with zero attached hydrogens (tertiary/aromatic N) is 1. The van der Waals surface area contributed by atoms with Gasteiger partial charge in [-0.15, -0.1) is 0 Å². The minimum Gasteiger partial charge on any atom is -0.309 e. The Bertz CT molecular complexity index is 2210. The molecule has 0 spiro atoms. The van der Waals surface area contributed by atoms with Crippen LogP contribution in [0.4, 0.5) is 0 Å². The predicted molar refractivity (Wildman–Crippen MR) is 176 cm³/mol. The maximum Gasteiger partial charge on any atom is 0.0541 e. The molecule has 0 aliphatic heterocycles. The van der Waals surface area contributed by atoms with Gasteiger partial charge in [0.05, 0.1) is 16.7 Å². The molecule has 8 rings (SSSR count). The number of aromatic nitrogens is 1. The Morgan fingerprint density at radius 3 is 1.71 bits per heavy atom. The van der Waals surface area contributed by atoms with E-state index in [0.29, 0.717) is 0 Å². The smallest absolute Gasteiger partial charge is 0.0541 e. The van der Waals surface area contributed by atoms with Crippen LogP contribution in [0.25, 0.3) is 65.7 Å². The summed E-state index contributed by atoms with van der Waals surface area (Å²) in [6.45, 7) is 4.58. The first kappa shape index (κ1) is 23.5. The van der Waals surface area contributed by atoms with E-state index < -0.39 is 0 Å². The minimum absolute atomic E-state index is 1.03. The average Bonchev–Trinajstić information content (AvgIpc) is 3.38. The van der Waals surface area contributed by atoms with E-state index in [1.807, 2.05) is 0 Å². The largest absolute Gasteiger partial charge is 0.309 e. The van der Waals surface area contributed by atoms with Gasteiger partial charge in [-0.1, -0.05) is 140 Å². The standard InChI is InChI=1S/C40H27N/c1-27(28-21-23-30(24-22-28)33-18-10-12-29-11-2-3-13-32(29)33)31-25-26-40(35-15-5-4-14-34(31)35)41-38-19-8-6-16-36(38)37-17-7-9-20-39(37)41/h2-26H,1H2. The lowest BCUT2D eigenvalue weighted by Crippen LogP contribution is -1.97. The zero-order valence-electron chi connectivity index (χ0n) is 22.6. The van der Waals surface area contributed by atoms with Gasteiger partial charge < -0.3 is 4.57 Å². The molecule has 0 unspecified atom stereocenters. The fourth-order valence-corrected chi connectivity index (χ4v) is 6.41. The predicted octanol–water partition coefficient (Wildman–Crippen LogP) is 10.8. The fourth-order valence-electron chi connectivity index (χ4n) is 6.41. The molecule has 1 nitrogen and oxygen atoms in total. The van der Waals surface area contributed by atoms with Gasteiger partial charge in [0.1, 0.15) is 0 Å². The lowest BCUT2D eigenvalue weighted by molar-refractivity contribution is 1.20. The van der Waals surface area contributed by atoms with Crippen molar-refractivity contribution in [3.63, 3.8) is 0 Å².